The first-order valence-electron chi connectivity index (χ1n) is 5.51. The molecule has 0 aliphatic heterocycles. The van der Waals surface area contributed by atoms with Crippen LogP contribution >= 0.6 is 0 Å². The molecule has 80 valence electrons. The predicted molar refractivity (Wildman–Crippen MR) is 61.9 cm³/mol. The molecule has 1 fully saturated rings. The van der Waals surface area contributed by atoms with Crippen LogP contribution in [0.3, 0.4) is 0 Å². The Hall–Kier alpha value is -1.65. The molecule has 2 N–H and O–H groups in total. The summed E-state index contributed by atoms with van der Waals surface area (Å²) in [6.45, 7) is 0. The summed E-state index contributed by atoms with van der Waals surface area (Å²) < 4.78 is 1.53. The molecule has 1 aromatic heterocycles. The van der Waals surface area contributed by atoms with Crippen molar-refractivity contribution in [2.45, 2.75) is 25.2 Å². The van der Waals surface area contributed by atoms with Gasteiger partial charge in [-0.05, 0) is 0 Å². The molecule has 5 heteroatoms. The summed E-state index contributed by atoms with van der Waals surface area (Å²) in [6, 6.07) is 5.24. The zero-order valence-corrected chi connectivity index (χ0v) is 8.85. The molecule has 1 saturated carbocycles. The quantitative estimate of drug-likeness (QED) is 0.751. The number of aromatic hydroxyl groups is 1. The van der Waals surface area contributed by atoms with Crippen molar-refractivity contribution in [1.82, 2.24) is 9.69 Å². The average molecular weight is 213 g/mol. The van der Waals surface area contributed by atoms with Crippen molar-refractivity contribution in [1.29, 1.82) is 5.31 Å². The van der Waals surface area contributed by atoms with Crippen LogP contribution in [0.1, 0.15) is 30.9 Å². The third kappa shape index (κ3) is 1.27. The number of fused-ring (bicyclic) bond motifs is 1. The summed E-state index contributed by atoms with van der Waals surface area (Å²) >= 11 is 0. The SMILES string of the molecule is N=Bn1nc(C2CCC2)c2ccc(O)cc21. The molecular weight excluding hydrogens is 201 g/mol. The molecule has 0 bridgehead atoms. The average Bonchev–Trinajstić information content (AvgIpc) is 2.54. The summed E-state index contributed by atoms with van der Waals surface area (Å²) in [7, 11) is 1.18. The van der Waals surface area contributed by atoms with Gasteiger partial charge in [-0.15, -0.1) is 0 Å². The van der Waals surface area contributed by atoms with Gasteiger partial charge in [0, 0.05) is 0 Å². The van der Waals surface area contributed by atoms with Crippen molar-refractivity contribution >= 4 is 18.1 Å². The minimum atomic E-state index is 0.218. The monoisotopic (exact) mass is 213 g/mol. The fourth-order valence-electron chi connectivity index (χ4n) is 2.23. The standard InChI is InChI=1S/C11H12BN3O/c13-12-15-10-6-8(16)4-5-9(10)11(14-15)7-2-1-3-7/h4-7,13,16H,1-3H2. The van der Waals surface area contributed by atoms with Gasteiger partial charge >= 0.3 is 93.0 Å². The Morgan fingerprint density at radius 1 is 1.44 bits per heavy atom. The first-order valence-corrected chi connectivity index (χ1v) is 5.51. The van der Waals surface area contributed by atoms with Crippen LogP contribution in [-0.4, -0.2) is 22.0 Å². The van der Waals surface area contributed by atoms with Crippen LogP contribution in [-0.2, 0) is 0 Å². The maximum absolute atomic E-state index is 9.45. The predicted octanol–water partition coefficient (Wildman–Crippen LogP) is 2.24. The Balaban J connectivity index is 2.25. The van der Waals surface area contributed by atoms with Gasteiger partial charge in [-0.25, -0.2) is 0 Å². The fourth-order valence-corrected chi connectivity index (χ4v) is 2.23. The van der Waals surface area contributed by atoms with E-state index >= 15 is 0 Å². The molecule has 1 aromatic carbocycles. The maximum atomic E-state index is 9.45. The molecule has 0 amide bonds. The van der Waals surface area contributed by atoms with Gasteiger partial charge in [0.05, 0.1) is 0 Å². The number of hydrogen-bond donors (Lipinski definition) is 2. The first kappa shape index (κ1) is 9.57. The molecule has 4 nitrogen and oxygen atoms in total. The molecule has 3 rings (SSSR count). The van der Waals surface area contributed by atoms with Crippen molar-refractivity contribution < 1.29 is 5.11 Å². The van der Waals surface area contributed by atoms with Crippen LogP contribution < -0.4 is 0 Å². The fraction of sp³-hybridized carbons (Fsp3) is 0.364. The van der Waals surface area contributed by atoms with Gasteiger partial charge in [-0.1, -0.05) is 0 Å². The first-order chi connectivity index (χ1) is 7.79. The molecule has 0 atom stereocenters. The molecule has 1 aliphatic rings. The number of rotatable bonds is 2. The summed E-state index contributed by atoms with van der Waals surface area (Å²) in [5.74, 6) is 0.754. The van der Waals surface area contributed by atoms with Crippen LogP contribution in [0.4, 0.5) is 0 Å². The molecule has 16 heavy (non-hydrogen) atoms. The molecule has 1 aliphatic carbocycles. The molecule has 0 spiro atoms. The summed E-state index contributed by atoms with van der Waals surface area (Å²) in [5.41, 5.74) is 1.89. The Kier molecular flexibility index (Phi) is 2.06. The summed E-state index contributed by atoms with van der Waals surface area (Å²) in [6.07, 6.45) is 3.64. The topological polar surface area (TPSA) is 61.9 Å². The second-order valence-corrected chi connectivity index (χ2v) is 4.29. The molecular formula is C11H12BN3O. The Labute approximate surface area is 93.7 Å². The van der Waals surface area contributed by atoms with Crippen LogP contribution in [0, 0.1) is 5.31 Å². The van der Waals surface area contributed by atoms with E-state index < -0.39 is 0 Å². The van der Waals surface area contributed by atoms with Gasteiger partial charge in [0.25, 0.3) is 0 Å². The minimum absolute atomic E-state index is 0.218. The van der Waals surface area contributed by atoms with Gasteiger partial charge in [0.1, 0.15) is 0 Å². The van der Waals surface area contributed by atoms with E-state index in [0.29, 0.717) is 5.92 Å². The number of phenolic OH excluding ortho intramolecular Hbond substituents is 1. The van der Waals surface area contributed by atoms with Gasteiger partial charge in [0.2, 0.25) is 0 Å². The van der Waals surface area contributed by atoms with E-state index in [1.165, 1.54) is 31.1 Å². The third-order valence-electron chi connectivity index (χ3n) is 3.33. The number of benzene rings is 1. The van der Waals surface area contributed by atoms with Crippen LogP contribution in [0.25, 0.3) is 10.9 Å². The van der Waals surface area contributed by atoms with E-state index in [4.69, 9.17) is 5.31 Å². The van der Waals surface area contributed by atoms with Crippen LogP contribution in [0.2, 0.25) is 0 Å². The summed E-state index contributed by atoms with van der Waals surface area (Å²) in [4.78, 5) is 0. The molecule has 2 aromatic rings. The number of aromatic nitrogens is 2. The number of phenols is 1. The second kappa shape index (κ2) is 3.44. The van der Waals surface area contributed by atoms with Gasteiger partial charge in [0.15, 0.2) is 0 Å². The third-order valence-corrected chi connectivity index (χ3v) is 3.33. The van der Waals surface area contributed by atoms with Gasteiger partial charge < -0.3 is 0 Å². The van der Waals surface area contributed by atoms with Crippen LogP contribution in [0.15, 0.2) is 18.2 Å². The van der Waals surface area contributed by atoms with Crippen molar-refractivity contribution in [2.24, 2.45) is 0 Å². The van der Waals surface area contributed by atoms with Crippen molar-refractivity contribution in [2.75, 3.05) is 0 Å². The Morgan fingerprint density at radius 2 is 2.25 bits per heavy atom. The van der Waals surface area contributed by atoms with E-state index in [0.717, 1.165) is 16.6 Å². The van der Waals surface area contributed by atoms with Crippen molar-refractivity contribution in [3.63, 3.8) is 0 Å². The number of nitrogens with one attached hydrogen (secondary N) is 1. The molecule has 0 saturated heterocycles. The molecule has 0 unspecified atom stereocenters. The van der Waals surface area contributed by atoms with E-state index in [-0.39, 0.29) is 5.75 Å². The van der Waals surface area contributed by atoms with Gasteiger partial charge in [-0.3, -0.25) is 0 Å². The second-order valence-electron chi connectivity index (χ2n) is 4.29. The molecule has 0 radical (unpaired) electrons. The van der Waals surface area contributed by atoms with Crippen LogP contribution in [0.5, 0.6) is 5.75 Å². The van der Waals surface area contributed by atoms with Crippen molar-refractivity contribution in [3.05, 3.63) is 23.9 Å². The van der Waals surface area contributed by atoms with E-state index in [1.807, 2.05) is 6.07 Å². The Bertz CT molecular complexity index is 560. The zero-order valence-electron chi connectivity index (χ0n) is 8.85. The normalized spacial score (nSPS) is 16.0. The molecule has 1 heterocycles. The van der Waals surface area contributed by atoms with E-state index in [1.54, 1.807) is 12.1 Å². The number of hydrogen-bond acceptors (Lipinski definition) is 3. The number of nitrogens with zero attached hydrogens (tertiary/aromatic N) is 2. The van der Waals surface area contributed by atoms with Gasteiger partial charge in [-0.2, -0.15) is 0 Å². The Morgan fingerprint density at radius 3 is 2.88 bits per heavy atom. The van der Waals surface area contributed by atoms with E-state index in [2.05, 4.69) is 5.10 Å². The van der Waals surface area contributed by atoms with E-state index in [9.17, 15) is 5.11 Å². The zero-order chi connectivity index (χ0) is 11.1. The van der Waals surface area contributed by atoms with Crippen molar-refractivity contribution in [3.8, 4) is 5.75 Å². The summed E-state index contributed by atoms with van der Waals surface area (Å²) in [5, 5.41) is 22.3.